The topological polar surface area (TPSA) is 120 Å². The first-order valence-corrected chi connectivity index (χ1v) is 11.5. The van der Waals surface area contributed by atoms with Crippen LogP contribution in [0.5, 0.6) is 11.5 Å². The molecule has 1 amide bonds. The molecule has 0 radical (unpaired) electrons. The molecule has 2 heterocycles. The fourth-order valence-electron chi connectivity index (χ4n) is 3.35. The summed E-state index contributed by atoms with van der Waals surface area (Å²) in [6, 6.07) is 7.73. The van der Waals surface area contributed by atoms with E-state index in [0.29, 0.717) is 5.56 Å². The summed E-state index contributed by atoms with van der Waals surface area (Å²) < 4.78 is 72.0. The first-order chi connectivity index (χ1) is 16.0. The van der Waals surface area contributed by atoms with Crippen molar-refractivity contribution in [2.75, 3.05) is 38.2 Å². The zero-order valence-corrected chi connectivity index (χ0v) is 18.7. The Morgan fingerprint density at radius 3 is 2.53 bits per heavy atom. The van der Waals surface area contributed by atoms with Gasteiger partial charge in [0.25, 0.3) is 5.91 Å². The number of carbonyl (C=O) groups excluding carboxylic acids is 2. The Bertz CT molecular complexity index is 1230. The number of carbonyl (C=O) groups is 2. The second kappa shape index (κ2) is 9.16. The Hall–Kier alpha value is -3.29. The molecule has 0 aromatic heterocycles. The summed E-state index contributed by atoms with van der Waals surface area (Å²) in [6.07, 6.45) is -3.79. The summed E-state index contributed by atoms with van der Waals surface area (Å²) in [5, 5.41) is 2.39. The van der Waals surface area contributed by atoms with Gasteiger partial charge >= 0.3 is 12.3 Å². The highest BCUT2D eigenvalue weighted by Gasteiger charge is 2.43. The van der Waals surface area contributed by atoms with Gasteiger partial charge in [0.1, 0.15) is 0 Å². The number of morpholine rings is 1. The Kier molecular flexibility index (Phi) is 6.43. The van der Waals surface area contributed by atoms with Crippen LogP contribution in [0.3, 0.4) is 0 Å². The molecule has 2 aliphatic rings. The Labute approximate surface area is 193 Å². The highest BCUT2D eigenvalue weighted by Crippen LogP contribution is 2.42. The van der Waals surface area contributed by atoms with Gasteiger partial charge in [-0.1, -0.05) is 6.07 Å². The van der Waals surface area contributed by atoms with E-state index >= 15 is 0 Å². The molecule has 182 valence electrons. The lowest BCUT2D eigenvalue weighted by atomic mass is 10.1. The summed E-state index contributed by atoms with van der Waals surface area (Å²) >= 11 is 0. The summed E-state index contributed by atoms with van der Waals surface area (Å²) in [4.78, 5) is 24.6. The minimum absolute atomic E-state index is 0.00700. The number of anilines is 1. The number of aryl methyl sites for hydroxylation is 1. The van der Waals surface area contributed by atoms with E-state index in [1.165, 1.54) is 34.6 Å². The number of rotatable bonds is 6. The van der Waals surface area contributed by atoms with Gasteiger partial charge in [0, 0.05) is 24.8 Å². The highest BCUT2D eigenvalue weighted by molar-refractivity contribution is 7.89. The second-order valence-corrected chi connectivity index (χ2v) is 9.38. The number of sulfonamides is 1. The van der Waals surface area contributed by atoms with Crippen molar-refractivity contribution in [3.05, 3.63) is 47.5 Å². The number of ether oxygens (including phenoxy) is 4. The van der Waals surface area contributed by atoms with Gasteiger partial charge in [-0.25, -0.2) is 13.2 Å². The van der Waals surface area contributed by atoms with E-state index in [4.69, 9.17) is 9.47 Å². The molecular weight excluding hydrogens is 478 g/mol. The van der Waals surface area contributed by atoms with Crippen molar-refractivity contribution in [2.24, 2.45) is 0 Å². The maximum atomic E-state index is 13.1. The van der Waals surface area contributed by atoms with E-state index in [2.05, 4.69) is 14.8 Å². The molecule has 1 saturated heterocycles. The summed E-state index contributed by atoms with van der Waals surface area (Å²) in [6.45, 7) is 1.87. The van der Waals surface area contributed by atoms with Crippen LogP contribution >= 0.6 is 0 Å². The molecule has 13 heteroatoms. The number of hydrogen-bond donors (Lipinski definition) is 1. The first-order valence-electron chi connectivity index (χ1n) is 10.1. The Morgan fingerprint density at radius 2 is 1.79 bits per heavy atom. The number of nitrogens with zero attached hydrogens (tertiary/aromatic N) is 1. The number of amides is 1. The quantitative estimate of drug-likeness (QED) is 0.602. The molecular formula is C21H20F2N2O8S. The van der Waals surface area contributed by atoms with Gasteiger partial charge in [-0.15, -0.1) is 8.78 Å². The van der Waals surface area contributed by atoms with Gasteiger partial charge in [0.15, 0.2) is 18.1 Å². The van der Waals surface area contributed by atoms with Crippen LogP contribution in [0.25, 0.3) is 0 Å². The third-order valence-electron chi connectivity index (χ3n) is 5.06. The number of nitrogens with one attached hydrogen (secondary N) is 1. The fourth-order valence-corrected chi connectivity index (χ4v) is 4.78. The van der Waals surface area contributed by atoms with Crippen molar-refractivity contribution in [3.63, 3.8) is 0 Å². The lowest BCUT2D eigenvalue weighted by Gasteiger charge is -2.26. The van der Waals surface area contributed by atoms with Crippen molar-refractivity contribution >= 4 is 27.6 Å². The van der Waals surface area contributed by atoms with E-state index in [0.717, 1.165) is 6.07 Å². The second-order valence-electron chi connectivity index (χ2n) is 7.45. The molecule has 2 aliphatic heterocycles. The van der Waals surface area contributed by atoms with Gasteiger partial charge in [-0.3, -0.25) is 4.79 Å². The summed E-state index contributed by atoms with van der Waals surface area (Å²) in [7, 11) is -3.83. The van der Waals surface area contributed by atoms with E-state index in [1.54, 1.807) is 6.92 Å². The molecule has 0 spiro atoms. The average Bonchev–Trinajstić information content (AvgIpc) is 3.11. The highest BCUT2D eigenvalue weighted by atomic mass is 32.2. The molecule has 34 heavy (non-hydrogen) atoms. The molecule has 1 N–H and O–H groups in total. The number of benzene rings is 2. The molecule has 4 rings (SSSR count). The van der Waals surface area contributed by atoms with Crippen molar-refractivity contribution in [1.82, 2.24) is 4.31 Å². The van der Waals surface area contributed by atoms with Crippen LogP contribution in [-0.2, 0) is 24.3 Å². The maximum Gasteiger partial charge on any atom is 0.586 e. The Balaban J connectivity index is 1.39. The van der Waals surface area contributed by atoms with Crippen LogP contribution in [0, 0.1) is 6.92 Å². The standard InChI is InChI=1S/C21H20F2N2O8S/c1-13-2-4-15(34(28,29)25-6-8-30-9-7-25)11-16(13)20(27)31-12-19(26)24-14-3-5-17-18(10-14)33-21(22,23)32-17/h2-5,10-11H,6-9,12H2,1H3,(H,24,26). The van der Waals surface area contributed by atoms with Crippen LogP contribution in [0.15, 0.2) is 41.3 Å². The van der Waals surface area contributed by atoms with Crippen LogP contribution in [0.1, 0.15) is 15.9 Å². The van der Waals surface area contributed by atoms with Gasteiger partial charge in [-0.05, 0) is 36.8 Å². The molecule has 0 saturated carbocycles. The summed E-state index contributed by atoms with van der Waals surface area (Å²) in [5.41, 5.74) is 0.575. The van der Waals surface area contributed by atoms with Gasteiger partial charge in [0.2, 0.25) is 10.0 Å². The minimum atomic E-state index is -3.83. The number of fused-ring (bicyclic) bond motifs is 1. The number of hydrogen-bond acceptors (Lipinski definition) is 8. The normalized spacial score (nSPS) is 17.3. The van der Waals surface area contributed by atoms with Gasteiger partial charge < -0.3 is 24.3 Å². The molecule has 0 aliphatic carbocycles. The number of esters is 1. The monoisotopic (exact) mass is 498 g/mol. The third-order valence-corrected chi connectivity index (χ3v) is 6.95. The predicted octanol–water partition coefficient (Wildman–Crippen LogP) is 2.13. The SMILES string of the molecule is Cc1ccc(S(=O)(=O)N2CCOCC2)cc1C(=O)OCC(=O)Nc1ccc2c(c1)OC(F)(F)O2. The van der Waals surface area contributed by atoms with Crippen LogP contribution in [-0.4, -0.2) is 63.8 Å². The molecule has 0 bridgehead atoms. The molecule has 0 atom stereocenters. The lowest BCUT2D eigenvalue weighted by molar-refractivity contribution is -0.286. The minimum Gasteiger partial charge on any atom is -0.452 e. The van der Waals surface area contributed by atoms with Gasteiger partial charge in [0.05, 0.1) is 23.7 Å². The largest absolute Gasteiger partial charge is 0.586 e. The third kappa shape index (κ3) is 5.11. The lowest BCUT2D eigenvalue weighted by Crippen LogP contribution is -2.40. The average molecular weight is 498 g/mol. The van der Waals surface area contributed by atoms with Crippen molar-refractivity contribution < 1.29 is 45.7 Å². The predicted molar refractivity (Wildman–Crippen MR) is 112 cm³/mol. The summed E-state index contributed by atoms with van der Waals surface area (Å²) in [5.74, 6) is -2.07. The van der Waals surface area contributed by atoms with Crippen molar-refractivity contribution in [2.45, 2.75) is 18.1 Å². The van der Waals surface area contributed by atoms with Crippen LogP contribution in [0.4, 0.5) is 14.5 Å². The Morgan fingerprint density at radius 1 is 1.09 bits per heavy atom. The fraction of sp³-hybridized carbons (Fsp3) is 0.333. The molecule has 0 unspecified atom stereocenters. The number of alkyl halides is 2. The zero-order chi connectivity index (χ0) is 24.5. The number of halogens is 2. The van der Waals surface area contributed by atoms with E-state index in [1.807, 2.05) is 0 Å². The van der Waals surface area contributed by atoms with E-state index < -0.39 is 34.8 Å². The molecule has 1 fully saturated rings. The van der Waals surface area contributed by atoms with Crippen molar-refractivity contribution in [1.29, 1.82) is 0 Å². The molecule has 2 aromatic rings. The van der Waals surface area contributed by atoms with Crippen molar-refractivity contribution in [3.8, 4) is 11.5 Å². The van der Waals surface area contributed by atoms with Gasteiger partial charge in [-0.2, -0.15) is 4.31 Å². The first kappa shape index (κ1) is 23.9. The zero-order valence-electron chi connectivity index (χ0n) is 17.9. The smallest absolute Gasteiger partial charge is 0.452 e. The van der Waals surface area contributed by atoms with E-state index in [9.17, 15) is 26.8 Å². The molecule has 10 nitrogen and oxygen atoms in total. The van der Waals surface area contributed by atoms with Crippen LogP contribution in [0.2, 0.25) is 0 Å². The van der Waals surface area contributed by atoms with E-state index in [-0.39, 0.29) is 53.9 Å². The maximum absolute atomic E-state index is 13.1. The molecule has 2 aromatic carbocycles. The van der Waals surface area contributed by atoms with Crippen LogP contribution < -0.4 is 14.8 Å².